The summed E-state index contributed by atoms with van der Waals surface area (Å²) in [5, 5.41) is 9.82. The smallest absolute Gasteiger partial charge is 0.316 e. The Hall–Kier alpha value is -2.84. The van der Waals surface area contributed by atoms with Gasteiger partial charge < -0.3 is 26.1 Å². The number of carbonyl (C=O) groups is 2. The van der Waals surface area contributed by atoms with Crippen LogP contribution in [0.25, 0.3) is 21.6 Å². The van der Waals surface area contributed by atoms with E-state index in [0.717, 1.165) is 41.8 Å². The van der Waals surface area contributed by atoms with Crippen LogP contribution in [-0.4, -0.2) is 31.1 Å². The molecule has 3 aromatic rings. The van der Waals surface area contributed by atoms with Gasteiger partial charge in [0.05, 0.1) is 10.6 Å². The Morgan fingerprint density at radius 1 is 1.26 bits per heavy atom. The van der Waals surface area contributed by atoms with Crippen LogP contribution in [0, 0.1) is 0 Å². The van der Waals surface area contributed by atoms with E-state index in [1.807, 2.05) is 30.3 Å². The van der Waals surface area contributed by atoms with E-state index in [9.17, 15) is 9.59 Å². The number of fused-ring (bicyclic) bond motifs is 1. The lowest BCUT2D eigenvalue weighted by Gasteiger charge is -2.23. The van der Waals surface area contributed by atoms with Crippen molar-refractivity contribution in [2.75, 3.05) is 18.4 Å². The molecular weight excluding hydrogens is 364 g/mol. The zero-order valence-corrected chi connectivity index (χ0v) is 15.4. The van der Waals surface area contributed by atoms with Crippen molar-refractivity contribution in [3.05, 3.63) is 41.3 Å². The Morgan fingerprint density at radius 3 is 2.85 bits per heavy atom. The second kappa shape index (κ2) is 7.42. The van der Waals surface area contributed by atoms with Crippen molar-refractivity contribution in [2.24, 2.45) is 5.73 Å². The van der Waals surface area contributed by atoms with Crippen molar-refractivity contribution < 1.29 is 14.0 Å². The summed E-state index contributed by atoms with van der Waals surface area (Å²) in [5.41, 5.74) is 6.44. The molecule has 8 heteroatoms. The van der Waals surface area contributed by atoms with Crippen molar-refractivity contribution in [1.82, 2.24) is 10.6 Å². The summed E-state index contributed by atoms with van der Waals surface area (Å²) in [6.45, 7) is 1.71. The summed E-state index contributed by atoms with van der Waals surface area (Å²) >= 11 is 1.27. The van der Waals surface area contributed by atoms with Gasteiger partial charge in [-0.3, -0.25) is 4.79 Å². The molecular formula is C19H20N4O3S. The lowest BCUT2D eigenvalue weighted by atomic mass is 10.1. The third-order valence-electron chi connectivity index (χ3n) is 4.50. The summed E-state index contributed by atoms with van der Waals surface area (Å²) in [5.74, 6) is 0.423. The first-order valence-corrected chi connectivity index (χ1v) is 9.62. The number of carbonyl (C=O) groups excluding carboxylic acids is 2. The molecule has 1 fully saturated rings. The molecule has 140 valence electrons. The highest BCUT2D eigenvalue weighted by molar-refractivity contribution is 7.18. The highest BCUT2D eigenvalue weighted by Gasteiger charge is 2.23. The van der Waals surface area contributed by atoms with E-state index in [1.165, 1.54) is 11.3 Å². The molecule has 1 unspecified atom stereocenters. The molecule has 1 saturated heterocycles. The number of hydrogen-bond donors (Lipinski definition) is 4. The number of para-hydroxylation sites is 1. The Bertz CT molecular complexity index is 955. The van der Waals surface area contributed by atoms with Gasteiger partial charge in [0.2, 0.25) is 0 Å². The largest absolute Gasteiger partial charge is 0.455 e. The van der Waals surface area contributed by atoms with Gasteiger partial charge in [-0.2, -0.15) is 0 Å². The monoisotopic (exact) mass is 384 g/mol. The van der Waals surface area contributed by atoms with Crippen LogP contribution in [0.2, 0.25) is 0 Å². The van der Waals surface area contributed by atoms with Gasteiger partial charge in [0, 0.05) is 18.0 Å². The van der Waals surface area contributed by atoms with E-state index in [-0.39, 0.29) is 11.9 Å². The number of amides is 3. The number of rotatable bonds is 4. The number of benzene rings is 1. The fraction of sp³-hybridized carbons (Fsp3) is 0.263. The minimum atomic E-state index is -0.711. The maximum atomic E-state index is 12.8. The fourth-order valence-corrected chi connectivity index (χ4v) is 4.21. The van der Waals surface area contributed by atoms with E-state index >= 15 is 0 Å². The standard InChI is InChI=1S/C19H20N4O3S/c20-19(25)23-13-9-16(15-8-11-4-1-2-6-14(11)26-15)27-17(13)18(24)22-12-5-3-7-21-10-12/h1-2,4,6,8-9,12,21H,3,5,7,10H2,(H,22,24)(H3,20,23,25). The summed E-state index contributed by atoms with van der Waals surface area (Å²) in [7, 11) is 0. The lowest BCUT2D eigenvalue weighted by molar-refractivity contribution is 0.0935. The summed E-state index contributed by atoms with van der Waals surface area (Å²) in [4.78, 5) is 25.3. The summed E-state index contributed by atoms with van der Waals surface area (Å²) in [6, 6.07) is 10.7. The van der Waals surface area contributed by atoms with Crippen molar-refractivity contribution >= 4 is 39.9 Å². The number of hydrogen-bond acceptors (Lipinski definition) is 5. The van der Waals surface area contributed by atoms with Crippen LogP contribution in [0.1, 0.15) is 22.5 Å². The van der Waals surface area contributed by atoms with Gasteiger partial charge in [-0.05, 0) is 37.6 Å². The zero-order chi connectivity index (χ0) is 18.8. The molecule has 0 bridgehead atoms. The predicted molar refractivity (Wildman–Crippen MR) is 106 cm³/mol. The fourth-order valence-electron chi connectivity index (χ4n) is 3.24. The van der Waals surface area contributed by atoms with Gasteiger partial charge in [-0.1, -0.05) is 18.2 Å². The van der Waals surface area contributed by atoms with Crippen molar-refractivity contribution in [3.63, 3.8) is 0 Å². The van der Waals surface area contributed by atoms with Crippen molar-refractivity contribution in [1.29, 1.82) is 0 Å². The Balaban J connectivity index is 1.65. The Labute approximate surface area is 159 Å². The maximum Gasteiger partial charge on any atom is 0.316 e. The first-order chi connectivity index (χ1) is 13.1. The van der Waals surface area contributed by atoms with E-state index < -0.39 is 6.03 Å². The van der Waals surface area contributed by atoms with Gasteiger partial charge in [-0.25, -0.2) is 4.79 Å². The molecule has 0 aliphatic carbocycles. The molecule has 2 aromatic heterocycles. The van der Waals surface area contributed by atoms with E-state index in [1.54, 1.807) is 6.07 Å². The highest BCUT2D eigenvalue weighted by atomic mass is 32.1. The summed E-state index contributed by atoms with van der Waals surface area (Å²) < 4.78 is 5.88. The predicted octanol–water partition coefficient (Wildman–Crippen LogP) is 3.13. The quantitative estimate of drug-likeness (QED) is 0.554. The van der Waals surface area contributed by atoms with Crippen LogP contribution in [0.15, 0.2) is 40.8 Å². The molecule has 0 spiro atoms. The van der Waals surface area contributed by atoms with Gasteiger partial charge in [0.25, 0.3) is 5.91 Å². The van der Waals surface area contributed by atoms with Crippen LogP contribution < -0.4 is 21.7 Å². The van der Waals surface area contributed by atoms with Gasteiger partial charge >= 0.3 is 6.03 Å². The minimum absolute atomic E-state index is 0.0735. The van der Waals surface area contributed by atoms with Crippen LogP contribution in [-0.2, 0) is 0 Å². The Kier molecular flexibility index (Phi) is 4.83. The second-order valence-corrected chi connectivity index (χ2v) is 7.56. The van der Waals surface area contributed by atoms with Crippen molar-refractivity contribution in [3.8, 4) is 10.6 Å². The third-order valence-corrected chi connectivity index (χ3v) is 5.65. The minimum Gasteiger partial charge on any atom is -0.455 e. The number of anilines is 1. The molecule has 27 heavy (non-hydrogen) atoms. The average molecular weight is 384 g/mol. The molecule has 1 aromatic carbocycles. The van der Waals surface area contributed by atoms with Crippen LogP contribution in [0.3, 0.4) is 0 Å². The normalized spacial score (nSPS) is 17.0. The Morgan fingerprint density at radius 2 is 2.11 bits per heavy atom. The van der Waals surface area contributed by atoms with E-state index in [4.69, 9.17) is 10.2 Å². The van der Waals surface area contributed by atoms with Gasteiger partial charge in [-0.15, -0.1) is 11.3 Å². The lowest BCUT2D eigenvalue weighted by Crippen LogP contribution is -2.45. The zero-order valence-electron chi connectivity index (χ0n) is 14.6. The van der Waals surface area contributed by atoms with E-state index in [0.29, 0.717) is 16.3 Å². The molecule has 3 heterocycles. The van der Waals surface area contributed by atoms with Crippen molar-refractivity contribution in [2.45, 2.75) is 18.9 Å². The number of furan rings is 1. The second-order valence-electron chi connectivity index (χ2n) is 6.51. The third kappa shape index (κ3) is 3.81. The topological polar surface area (TPSA) is 109 Å². The number of piperidine rings is 1. The van der Waals surface area contributed by atoms with Gasteiger partial charge in [0.1, 0.15) is 16.2 Å². The van der Waals surface area contributed by atoms with E-state index in [2.05, 4.69) is 16.0 Å². The first-order valence-electron chi connectivity index (χ1n) is 8.81. The number of thiophene rings is 1. The molecule has 0 saturated carbocycles. The maximum absolute atomic E-state index is 12.8. The number of nitrogens with two attached hydrogens (primary N) is 1. The molecule has 4 rings (SSSR count). The first kappa shape index (κ1) is 17.6. The number of primary amides is 1. The van der Waals surface area contributed by atoms with Crippen LogP contribution in [0.4, 0.5) is 10.5 Å². The molecule has 7 nitrogen and oxygen atoms in total. The highest BCUT2D eigenvalue weighted by Crippen LogP contribution is 2.37. The van der Waals surface area contributed by atoms with Crippen LogP contribution in [0.5, 0.6) is 0 Å². The van der Waals surface area contributed by atoms with Crippen LogP contribution >= 0.6 is 11.3 Å². The van der Waals surface area contributed by atoms with Gasteiger partial charge in [0.15, 0.2) is 0 Å². The number of nitrogens with one attached hydrogen (secondary N) is 3. The molecule has 1 aliphatic rings. The molecule has 3 amide bonds. The molecule has 0 radical (unpaired) electrons. The molecule has 5 N–H and O–H groups in total. The number of urea groups is 1. The summed E-state index contributed by atoms with van der Waals surface area (Å²) in [6.07, 6.45) is 1.95. The SMILES string of the molecule is NC(=O)Nc1cc(-c2cc3ccccc3o2)sc1C(=O)NC1CCCNC1. The average Bonchev–Trinajstić information content (AvgIpc) is 3.26. The molecule has 1 atom stereocenters. The molecule has 1 aliphatic heterocycles.